The molecule has 0 fully saturated rings. The lowest BCUT2D eigenvalue weighted by Crippen LogP contribution is -2.35. The highest BCUT2D eigenvalue weighted by molar-refractivity contribution is 7.10. The van der Waals surface area contributed by atoms with Crippen molar-refractivity contribution in [3.05, 3.63) is 76.5 Å². The Morgan fingerprint density at radius 1 is 1.13 bits per heavy atom. The molecule has 0 saturated carbocycles. The van der Waals surface area contributed by atoms with E-state index in [0.717, 1.165) is 41.0 Å². The van der Waals surface area contributed by atoms with Crippen LogP contribution in [0.1, 0.15) is 30.5 Å². The molecule has 0 saturated heterocycles. The molecule has 1 atom stereocenters. The van der Waals surface area contributed by atoms with Crippen LogP contribution in [-0.2, 0) is 6.42 Å². The number of thiophene rings is 1. The van der Waals surface area contributed by atoms with Gasteiger partial charge in [0.25, 0.3) is 0 Å². The number of allylic oxidation sites excluding steroid dienone is 1. The van der Waals surface area contributed by atoms with Crippen molar-refractivity contribution in [2.24, 2.45) is 4.99 Å². The van der Waals surface area contributed by atoms with Crippen molar-refractivity contribution >= 4 is 17.2 Å². The summed E-state index contributed by atoms with van der Waals surface area (Å²) in [6, 6.07) is 12.0. The topological polar surface area (TPSA) is 72.7 Å². The van der Waals surface area contributed by atoms with E-state index in [9.17, 15) is 0 Å². The molecule has 1 unspecified atom stereocenters. The fourth-order valence-corrected chi connectivity index (χ4v) is 3.82. The second-order valence-electron chi connectivity index (χ2n) is 6.42. The van der Waals surface area contributed by atoms with Crippen LogP contribution in [0.2, 0.25) is 0 Å². The maximum absolute atomic E-state index is 5.39. The lowest BCUT2D eigenvalue weighted by Gasteiger charge is -2.24. The van der Waals surface area contributed by atoms with Crippen LogP contribution in [0.4, 0.5) is 0 Å². The van der Waals surface area contributed by atoms with Crippen molar-refractivity contribution in [1.82, 2.24) is 20.4 Å². The van der Waals surface area contributed by atoms with Crippen molar-refractivity contribution in [3.8, 4) is 11.5 Å². The Kier molecular flexibility index (Phi) is 8.12. The zero-order valence-electron chi connectivity index (χ0n) is 18.3. The van der Waals surface area contributed by atoms with Gasteiger partial charge in [-0.2, -0.15) is 5.10 Å². The van der Waals surface area contributed by atoms with E-state index in [-0.39, 0.29) is 6.17 Å². The Bertz CT molecular complexity index is 997. The molecule has 1 aliphatic heterocycles. The Morgan fingerprint density at radius 2 is 1.97 bits per heavy atom. The Balaban J connectivity index is 0.00000132. The van der Waals surface area contributed by atoms with E-state index in [1.165, 1.54) is 5.56 Å². The first-order valence-corrected chi connectivity index (χ1v) is 11.2. The number of nitrogens with zero attached hydrogens (tertiary/aromatic N) is 3. The van der Waals surface area contributed by atoms with Gasteiger partial charge in [-0.25, -0.2) is 9.67 Å². The van der Waals surface area contributed by atoms with Gasteiger partial charge in [-0.05, 0) is 41.6 Å². The summed E-state index contributed by atoms with van der Waals surface area (Å²) in [5, 5.41) is 13.3. The molecule has 0 aliphatic carbocycles. The van der Waals surface area contributed by atoms with Crippen molar-refractivity contribution in [3.63, 3.8) is 0 Å². The van der Waals surface area contributed by atoms with Gasteiger partial charge in [0.05, 0.1) is 14.2 Å². The molecule has 0 amide bonds. The summed E-state index contributed by atoms with van der Waals surface area (Å²) in [6.45, 7) is 4.76. The predicted molar refractivity (Wildman–Crippen MR) is 126 cm³/mol. The van der Waals surface area contributed by atoms with Crippen LogP contribution in [-0.4, -0.2) is 36.4 Å². The summed E-state index contributed by atoms with van der Waals surface area (Å²) in [5.41, 5.74) is 1.17. The van der Waals surface area contributed by atoms with E-state index in [1.54, 1.807) is 36.4 Å². The highest BCUT2D eigenvalue weighted by Crippen LogP contribution is 2.28. The smallest absolute Gasteiger partial charge is 0.160 e. The average molecular weight is 440 g/mol. The Hall–Kier alpha value is -3.26. The molecule has 8 heteroatoms. The van der Waals surface area contributed by atoms with E-state index in [2.05, 4.69) is 33.2 Å². The molecule has 2 aromatic heterocycles. The molecule has 2 N–H and O–H groups in total. The van der Waals surface area contributed by atoms with Crippen LogP contribution in [0.15, 0.2) is 71.1 Å². The van der Waals surface area contributed by atoms with Gasteiger partial charge in [0, 0.05) is 29.9 Å². The van der Waals surface area contributed by atoms with Gasteiger partial charge < -0.3 is 20.1 Å². The highest BCUT2D eigenvalue weighted by Gasteiger charge is 2.19. The number of hydrogen-bond donors (Lipinski definition) is 2. The number of methoxy groups -OCH3 is 2. The van der Waals surface area contributed by atoms with Crippen LogP contribution >= 0.6 is 11.3 Å². The predicted octanol–water partition coefficient (Wildman–Crippen LogP) is 4.21. The first-order chi connectivity index (χ1) is 15.3. The molecule has 0 bridgehead atoms. The maximum atomic E-state index is 5.39. The van der Waals surface area contributed by atoms with Gasteiger partial charge in [-0.15, -0.1) is 11.3 Å². The lowest BCUT2D eigenvalue weighted by atomic mass is 10.1. The van der Waals surface area contributed by atoms with Crippen LogP contribution in [0.25, 0.3) is 0 Å². The number of aliphatic imine (C=N–C) groups is 1. The second kappa shape index (κ2) is 11.2. The number of ether oxygens (including phenoxy) is 2. The third-order valence-electron chi connectivity index (χ3n) is 4.56. The highest BCUT2D eigenvalue weighted by atomic mass is 32.1. The van der Waals surface area contributed by atoms with Gasteiger partial charge in [0.1, 0.15) is 5.82 Å². The van der Waals surface area contributed by atoms with Crippen molar-refractivity contribution in [2.45, 2.75) is 26.4 Å². The van der Waals surface area contributed by atoms with Crippen molar-refractivity contribution < 1.29 is 9.47 Å². The van der Waals surface area contributed by atoms with Gasteiger partial charge in [0.2, 0.25) is 0 Å². The molecule has 164 valence electrons. The molecule has 1 aromatic carbocycles. The average Bonchev–Trinajstić information content (AvgIpc) is 3.55. The summed E-state index contributed by atoms with van der Waals surface area (Å²) in [6.07, 6.45) is 6.34. The minimum absolute atomic E-state index is 0.136. The minimum atomic E-state index is -0.136. The lowest BCUT2D eigenvalue weighted by molar-refractivity contribution is 0.354. The minimum Gasteiger partial charge on any atom is -0.493 e. The molecule has 7 nitrogen and oxygen atoms in total. The summed E-state index contributed by atoms with van der Waals surface area (Å²) < 4.78 is 12.5. The number of benzene rings is 1. The van der Waals surface area contributed by atoms with E-state index in [0.29, 0.717) is 0 Å². The number of hydrogen-bond acceptors (Lipinski definition) is 7. The van der Waals surface area contributed by atoms with Gasteiger partial charge in [-0.1, -0.05) is 26.0 Å². The monoisotopic (exact) mass is 439 g/mol. The first-order valence-electron chi connectivity index (χ1n) is 10.3. The van der Waals surface area contributed by atoms with Gasteiger partial charge in [-0.3, -0.25) is 0 Å². The zero-order chi connectivity index (χ0) is 22.1. The SMILES string of the molecule is CC.COc1ccc(CCNC2=CC(n3cccn3)=NC(c3cccs3)N2)cc1OC. The molecule has 3 heterocycles. The molecule has 4 rings (SSSR count). The Labute approximate surface area is 187 Å². The molecule has 31 heavy (non-hydrogen) atoms. The maximum Gasteiger partial charge on any atom is 0.160 e. The largest absolute Gasteiger partial charge is 0.493 e. The fourth-order valence-electron chi connectivity index (χ4n) is 3.11. The van der Waals surface area contributed by atoms with E-state index < -0.39 is 0 Å². The summed E-state index contributed by atoms with van der Waals surface area (Å²) >= 11 is 1.68. The number of aromatic nitrogens is 2. The number of nitrogens with one attached hydrogen (secondary N) is 2. The molecule has 3 aromatic rings. The van der Waals surface area contributed by atoms with Crippen molar-refractivity contribution in [1.29, 1.82) is 0 Å². The molecular weight excluding hydrogens is 410 g/mol. The third kappa shape index (κ3) is 5.67. The fraction of sp³-hybridized carbons (Fsp3) is 0.304. The van der Waals surface area contributed by atoms with Gasteiger partial charge >= 0.3 is 0 Å². The van der Waals surface area contributed by atoms with Crippen LogP contribution in [0, 0.1) is 0 Å². The van der Waals surface area contributed by atoms with E-state index >= 15 is 0 Å². The summed E-state index contributed by atoms with van der Waals surface area (Å²) in [5.74, 6) is 3.19. The normalized spacial score (nSPS) is 15.0. The number of rotatable bonds is 7. The van der Waals surface area contributed by atoms with Crippen LogP contribution < -0.4 is 20.1 Å². The summed E-state index contributed by atoms with van der Waals surface area (Å²) in [7, 11) is 3.29. The zero-order valence-corrected chi connectivity index (χ0v) is 19.1. The molecule has 0 radical (unpaired) electrons. The van der Waals surface area contributed by atoms with Crippen LogP contribution in [0.5, 0.6) is 11.5 Å². The molecule has 0 spiro atoms. The third-order valence-corrected chi connectivity index (χ3v) is 5.48. The van der Waals surface area contributed by atoms with E-state index in [4.69, 9.17) is 14.5 Å². The molecule has 1 aliphatic rings. The van der Waals surface area contributed by atoms with Crippen molar-refractivity contribution in [2.75, 3.05) is 20.8 Å². The van der Waals surface area contributed by atoms with Gasteiger partial charge in [0.15, 0.2) is 23.5 Å². The Morgan fingerprint density at radius 3 is 2.65 bits per heavy atom. The molecular formula is C23H29N5O2S. The quantitative estimate of drug-likeness (QED) is 0.577. The summed E-state index contributed by atoms with van der Waals surface area (Å²) in [4.78, 5) is 5.95. The standard InChI is InChI=1S/C21H23N5O2S.C2H6/c1-27-16-7-6-15(13-17(16)28-2)8-10-22-19-14-20(26-11-4-9-23-26)25-21(24-19)18-5-3-12-29-18;1-2/h3-7,9,11-14,21-22,24H,8,10H2,1-2H3;1-2H3. The van der Waals surface area contributed by atoms with Crippen LogP contribution in [0.3, 0.4) is 0 Å². The van der Waals surface area contributed by atoms with E-state index in [1.807, 2.05) is 50.4 Å². The first kappa shape index (κ1) is 22.4. The second-order valence-corrected chi connectivity index (χ2v) is 7.40.